The lowest BCUT2D eigenvalue weighted by atomic mass is 9.82. The second-order valence-electron chi connectivity index (χ2n) is 9.45. The molecule has 0 aliphatic carbocycles. The molecule has 208 valence electrons. The predicted octanol–water partition coefficient (Wildman–Crippen LogP) is 5.15. The van der Waals surface area contributed by atoms with Gasteiger partial charge in [-0.15, -0.1) is 0 Å². The third-order valence-electron chi connectivity index (χ3n) is 7.04. The molecule has 8 nitrogen and oxygen atoms in total. The van der Waals surface area contributed by atoms with Crippen LogP contribution in [0.5, 0.6) is 5.75 Å². The third kappa shape index (κ3) is 4.83. The van der Waals surface area contributed by atoms with E-state index in [0.717, 1.165) is 28.0 Å². The normalized spacial score (nSPS) is 19.6. The van der Waals surface area contributed by atoms with E-state index in [1.165, 1.54) is 35.9 Å². The van der Waals surface area contributed by atoms with Gasteiger partial charge in [0.15, 0.2) is 0 Å². The fourth-order valence-electron chi connectivity index (χ4n) is 5.24. The minimum absolute atomic E-state index is 0.262. The van der Waals surface area contributed by atoms with Gasteiger partial charge in [0, 0.05) is 27.1 Å². The van der Waals surface area contributed by atoms with Crippen LogP contribution in [0.3, 0.4) is 0 Å². The summed E-state index contributed by atoms with van der Waals surface area (Å²) in [6.45, 7) is -0.292. The van der Waals surface area contributed by atoms with Crippen molar-refractivity contribution in [2.24, 2.45) is 5.92 Å². The molecule has 12 heteroatoms. The Balaban J connectivity index is 1.43. The number of hydrogen-bond donors (Lipinski definition) is 1. The number of nitrogens with one attached hydrogen (secondary N) is 1. The molecule has 1 N–H and O–H groups in total. The van der Waals surface area contributed by atoms with E-state index in [2.05, 4.69) is 5.32 Å². The largest absolute Gasteiger partial charge is 0.496 e. The molecule has 3 atom stereocenters. The molecule has 1 saturated heterocycles. The highest BCUT2D eigenvalue weighted by Gasteiger charge is 2.57. The number of benzene rings is 3. The second kappa shape index (κ2) is 10.8. The van der Waals surface area contributed by atoms with Crippen LogP contribution in [0.2, 0.25) is 5.02 Å². The van der Waals surface area contributed by atoms with Crippen molar-refractivity contribution in [1.29, 1.82) is 0 Å². The first kappa shape index (κ1) is 27.3. The topological polar surface area (TPSA) is 97.7 Å². The maximum atomic E-state index is 13.9. The van der Waals surface area contributed by atoms with Crippen LogP contribution in [0.25, 0.3) is 0 Å². The van der Waals surface area contributed by atoms with Crippen LogP contribution >= 0.6 is 34.7 Å². The molecule has 6 rings (SSSR count). The molecule has 0 unspecified atom stereocenters. The fourth-order valence-corrected chi connectivity index (χ4v) is 8.13. The summed E-state index contributed by atoms with van der Waals surface area (Å²) in [5, 5.41) is 2.84. The Bertz CT molecular complexity index is 1740. The van der Waals surface area contributed by atoms with Crippen molar-refractivity contribution in [2.75, 3.05) is 17.3 Å². The molecule has 1 aromatic heterocycles. The number of rotatable bonds is 6. The first-order chi connectivity index (χ1) is 19.8. The number of halogens is 2. The predicted molar refractivity (Wildman–Crippen MR) is 156 cm³/mol. The Morgan fingerprint density at radius 3 is 2.41 bits per heavy atom. The number of amides is 3. The molecule has 0 bridgehead atoms. The molecule has 3 aromatic carbocycles. The van der Waals surface area contributed by atoms with Gasteiger partial charge in [0.1, 0.15) is 23.4 Å². The van der Waals surface area contributed by atoms with Gasteiger partial charge in [-0.3, -0.25) is 23.7 Å². The van der Waals surface area contributed by atoms with Crippen molar-refractivity contribution in [1.82, 2.24) is 4.57 Å². The van der Waals surface area contributed by atoms with E-state index in [0.29, 0.717) is 31.9 Å². The van der Waals surface area contributed by atoms with Gasteiger partial charge in [0.25, 0.3) is 0 Å². The van der Waals surface area contributed by atoms with Crippen molar-refractivity contribution in [2.45, 2.75) is 22.7 Å². The maximum absolute atomic E-state index is 13.9. The number of carbonyl (C=O) groups is 3. The van der Waals surface area contributed by atoms with Gasteiger partial charge in [0.2, 0.25) is 17.7 Å². The van der Waals surface area contributed by atoms with E-state index in [-0.39, 0.29) is 17.1 Å². The number of fused-ring (bicyclic) bond motifs is 2. The number of hydrogen-bond acceptors (Lipinski definition) is 7. The summed E-state index contributed by atoms with van der Waals surface area (Å²) in [5.74, 6) is -2.89. The summed E-state index contributed by atoms with van der Waals surface area (Å²) >= 11 is 7.97. The number of methoxy groups -OCH3 is 1. The molecule has 3 heterocycles. The molecule has 4 aromatic rings. The molecule has 1 fully saturated rings. The lowest BCUT2D eigenvalue weighted by molar-refractivity contribution is -0.122. The number of aromatic nitrogens is 1. The average Bonchev–Trinajstić information content (AvgIpc) is 3.41. The highest BCUT2D eigenvalue weighted by Crippen LogP contribution is 2.55. The summed E-state index contributed by atoms with van der Waals surface area (Å²) in [4.78, 5) is 55.2. The van der Waals surface area contributed by atoms with Crippen LogP contribution in [0.1, 0.15) is 16.4 Å². The number of carbonyl (C=O) groups excluding carboxylic acids is 3. The molecule has 0 saturated carbocycles. The van der Waals surface area contributed by atoms with Crippen LogP contribution in [0, 0.1) is 11.7 Å². The van der Waals surface area contributed by atoms with Crippen LogP contribution in [-0.4, -0.2) is 34.6 Å². The second-order valence-corrected chi connectivity index (χ2v) is 12.0. The van der Waals surface area contributed by atoms with Gasteiger partial charge in [-0.25, -0.2) is 9.29 Å². The van der Waals surface area contributed by atoms with E-state index in [4.69, 9.17) is 16.3 Å². The van der Waals surface area contributed by atoms with Gasteiger partial charge < -0.3 is 10.1 Å². The Morgan fingerprint density at radius 1 is 1.00 bits per heavy atom. The standard InChI is InChI=1S/C29H21ClFN3O5S2/c1-39-20-5-3-2-4-19(20)22-23-24(27(37)34(26(23)36)18-12-8-16(31)9-13-18)40-28-25(22)41-29(38)33(28)14-21(35)32-17-10-6-15(30)7-11-17/h2-13,22-24H,14H2,1H3,(H,32,35)/t22-,23-,24+/m0/s1. The molecular formula is C29H21ClFN3O5S2. The van der Waals surface area contributed by atoms with Crippen LogP contribution in [-0.2, 0) is 20.9 Å². The number of anilines is 2. The van der Waals surface area contributed by atoms with Gasteiger partial charge in [-0.05, 0) is 54.6 Å². The quantitative estimate of drug-likeness (QED) is 0.304. The van der Waals surface area contributed by atoms with Gasteiger partial charge in [-0.2, -0.15) is 0 Å². The van der Waals surface area contributed by atoms with Crippen molar-refractivity contribution >= 4 is 63.8 Å². The summed E-state index contributed by atoms with van der Waals surface area (Å²) in [6.07, 6.45) is 0. The zero-order chi connectivity index (χ0) is 28.8. The first-order valence-corrected chi connectivity index (χ1v) is 14.6. The van der Waals surface area contributed by atoms with Crippen molar-refractivity contribution in [3.63, 3.8) is 0 Å². The maximum Gasteiger partial charge on any atom is 0.308 e. The van der Waals surface area contributed by atoms with Crippen molar-refractivity contribution < 1.29 is 23.5 Å². The lowest BCUT2D eigenvalue weighted by Gasteiger charge is -2.31. The van der Waals surface area contributed by atoms with Crippen LogP contribution in [0.15, 0.2) is 82.6 Å². The minimum Gasteiger partial charge on any atom is -0.496 e. The van der Waals surface area contributed by atoms with Gasteiger partial charge >= 0.3 is 4.87 Å². The Labute approximate surface area is 246 Å². The smallest absolute Gasteiger partial charge is 0.308 e. The van der Waals surface area contributed by atoms with Crippen LogP contribution in [0.4, 0.5) is 15.8 Å². The summed E-state index contributed by atoms with van der Waals surface area (Å²) < 4.78 is 20.6. The van der Waals surface area contributed by atoms with E-state index >= 15 is 0 Å². The molecule has 41 heavy (non-hydrogen) atoms. The molecule has 0 spiro atoms. The third-order valence-corrected chi connectivity index (χ3v) is 9.89. The molecule has 0 radical (unpaired) electrons. The molecular weight excluding hydrogens is 589 g/mol. The van der Waals surface area contributed by atoms with E-state index in [9.17, 15) is 23.6 Å². The number of para-hydroxylation sites is 1. The number of ether oxygens (including phenoxy) is 1. The lowest BCUT2D eigenvalue weighted by Crippen LogP contribution is -2.33. The zero-order valence-electron chi connectivity index (χ0n) is 21.4. The zero-order valence-corrected chi connectivity index (χ0v) is 23.8. The molecule has 2 aliphatic heterocycles. The average molecular weight is 610 g/mol. The number of thiazole rings is 1. The van der Waals surface area contributed by atoms with E-state index in [1.807, 2.05) is 0 Å². The monoisotopic (exact) mass is 609 g/mol. The highest BCUT2D eigenvalue weighted by atomic mass is 35.5. The first-order valence-electron chi connectivity index (χ1n) is 12.5. The Kier molecular flexibility index (Phi) is 7.18. The highest BCUT2D eigenvalue weighted by molar-refractivity contribution is 8.00. The number of thioether (sulfide) groups is 1. The summed E-state index contributed by atoms with van der Waals surface area (Å²) in [6, 6.07) is 18.9. The SMILES string of the molecule is COc1ccccc1[C@@H]1c2sc(=O)n(CC(=O)Nc3ccc(Cl)cc3)c2S[C@H]2C(=O)N(c3ccc(F)cc3)C(=O)[C@@H]12. The summed E-state index contributed by atoms with van der Waals surface area (Å²) in [7, 11) is 1.51. The van der Waals surface area contributed by atoms with Gasteiger partial charge in [-0.1, -0.05) is 52.9 Å². The fraction of sp³-hybridized carbons (Fsp3) is 0.172. The molecule has 2 aliphatic rings. The van der Waals surface area contributed by atoms with E-state index < -0.39 is 40.6 Å². The van der Waals surface area contributed by atoms with Gasteiger partial charge in [0.05, 0.1) is 23.7 Å². The minimum atomic E-state index is -0.880. The number of nitrogens with zero attached hydrogens (tertiary/aromatic N) is 2. The Morgan fingerprint density at radius 2 is 1.71 bits per heavy atom. The van der Waals surface area contributed by atoms with Crippen LogP contribution < -0.4 is 19.8 Å². The van der Waals surface area contributed by atoms with Crippen molar-refractivity contribution in [3.8, 4) is 5.75 Å². The van der Waals surface area contributed by atoms with Crippen molar-refractivity contribution in [3.05, 3.63) is 104 Å². The summed E-state index contributed by atoms with van der Waals surface area (Å²) in [5.41, 5.74) is 1.42. The number of imide groups is 1. The van der Waals surface area contributed by atoms with E-state index in [1.54, 1.807) is 48.5 Å². The molecule has 3 amide bonds. The Hall–Kier alpha value is -3.93.